The molecule has 1 aromatic carbocycles. The number of aryl methyl sites for hydroxylation is 2. The van der Waals surface area contributed by atoms with Gasteiger partial charge >= 0.3 is 0 Å². The van der Waals surface area contributed by atoms with Crippen LogP contribution >= 0.6 is 0 Å². The molecule has 0 aliphatic rings. The van der Waals surface area contributed by atoms with Gasteiger partial charge in [-0.2, -0.15) is 5.26 Å². The van der Waals surface area contributed by atoms with Crippen LogP contribution in [0.2, 0.25) is 0 Å². The van der Waals surface area contributed by atoms with Gasteiger partial charge in [-0.15, -0.1) is 0 Å². The lowest BCUT2D eigenvalue weighted by molar-refractivity contribution is -0.117. The highest BCUT2D eigenvalue weighted by Crippen LogP contribution is 2.15. The molecule has 16 heavy (non-hydrogen) atoms. The van der Waals surface area contributed by atoms with E-state index >= 15 is 0 Å². The van der Waals surface area contributed by atoms with Crippen LogP contribution in [0.3, 0.4) is 0 Å². The first-order chi connectivity index (χ1) is 7.54. The molecule has 0 atom stereocenters. The summed E-state index contributed by atoms with van der Waals surface area (Å²) in [5.74, 6) is 5.18. The molecule has 80 valence electrons. The molecule has 0 saturated heterocycles. The van der Waals surface area contributed by atoms with Gasteiger partial charge in [-0.1, -0.05) is 11.8 Å². The minimum atomic E-state index is -0.434. The second-order valence-corrected chi connectivity index (χ2v) is 3.54. The third-order valence-corrected chi connectivity index (χ3v) is 2.14. The number of nitrogens with two attached hydrogens (primary N) is 1. The molecule has 0 fully saturated rings. The van der Waals surface area contributed by atoms with Crippen LogP contribution < -0.4 is 5.73 Å². The Labute approximate surface area is 94.9 Å². The summed E-state index contributed by atoms with van der Waals surface area (Å²) in [6.07, 6.45) is 0.0544. The predicted octanol–water partition coefficient (Wildman–Crippen LogP) is 1.40. The number of primary amides is 1. The molecule has 0 saturated carbocycles. The van der Waals surface area contributed by atoms with Gasteiger partial charge in [-0.05, 0) is 37.1 Å². The van der Waals surface area contributed by atoms with Crippen LogP contribution in [0.1, 0.15) is 28.7 Å². The monoisotopic (exact) mass is 212 g/mol. The van der Waals surface area contributed by atoms with Gasteiger partial charge in [0.15, 0.2) is 0 Å². The summed E-state index contributed by atoms with van der Waals surface area (Å²) in [7, 11) is 0. The van der Waals surface area contributed by atoms with Crippen molar-refractivity contribution in [3.8, 4) is 17.9 Å². The van der Waals surface area contributed by atoms with Gasteiger partial charge in [0.05, 0.1) is 18.1 Å². The van der Waals surface area contributed by atoms with Crippen LogP contribution in [0.15, 0.2) is 12.1 Å². The lowest BCUT2D eigenvalue weighted by Crippen LogP contribution is -2.08. The van der Waals surface area contributed by atoms with Crippen LogP contribution in [0.25, 0.3) is 0 Å². The maximum absolute atomic E-state index is 10.5. The molecule has 0 heterocycles. The summed E-state index contributed by atoms with van der Waals surface area (Å²) in [6, 6.07) is 5.65. The zero-order valence-corrected chi connectivity index (χ0v) is 9.29. The summed E-state index contributed by atoms with van der Waals surface area (Å²) < 4.78 is 0. The van der Waals surface area contributed by atoms with Crippen LogP contribution in [-0.4, -0.2) is 5.91 Å². The summed E-state index contributed by atoms with van der Waals surface area (Å²) in [4.78, 5) is 10.5. The lowest BCUT2D eigenvalue weighted by atomic mass is 10.00. The van der Waals surface area contributed by atoms with Gasteiger partial charge in [0.25, 0.3) is 0 Å². The molecule has 0 bridgehead atoms. The fourth-order valence-electron chi connectivity index (χ4n) is 1.44. The quantitative estimate of drug-likeness (QED) is 0.715. The van der Waals surface area contributed by atoms with E-state index in [-0.39, 0.29) is 6.42 Å². The number of carbonyl (C=O) groups is 1. The molecule has 0 aliphatic carbocycles. The van der Waals surface area contributed by atoms with Crippen molar-refractivity contribution in [2.45, 2.75) is 20.3 Å². The van der Waals surface area contributed by atoms with Crippen molar-refractivity contribution in [2.24, 2.45) is 5.73 Å². The van der Waals surface area contributed by atoms with E-state index < -0.39 is 5.91 Å². The molecule has 0 radical (unpaired) electrons. The molecular formula is C13H12N2O. The minimum Gasteiger partial charge on any atom is -0.369 e. The third-order valence-electron chi connectivity index (χ3n) is 2.14. The highest BCUT2D eigenvalue weighted by Gasteiger charge is 2.02. The molecule has 3 nitrogen and oxygen atoms in total. The summed E-state index contributed by atoms with van der Waals surface area (Å²) in [6.45, 7) is 3.78. The Morgan fingerprint density at radius 2 is 1.94 bits per heavy atom. The molecule has 3 heteroatoms. The maximum atomic E-state index is 10.5. The highest BCUT2D eigenvalue weighted by molar-refractivity contribution is 5.76. The SMILES string of the molecule is Cc1cc(C#N)cc(C)c1C#CCC(N)=O. The molecule has 1 aromatic rings. The summed E-state index contributed by atoms with van der Waals surface area (Å²) in [5.41, 5.74) is 8.35. The number of hydrogen-bond donors (Lipinski definition) is 1. The molecule has 2 N–H and O–H groups in total. The lowest BCUT2D eigenvalue weighted by Gasteiger charge is -2.03. The van der Waals surface area contributed by atoms with Crippen molar-refractivity contribution < 1.29 is 4.79 Å². The van der Waals surface area contributed by atoms with Crippen LogP contribution in [0, 0.1) is 37.0 Å². The predicted molar refractivity (Wildman–Crippen MR) is 61.3 cm³/mol. The smallest absolute Gasteiger partial charge is 0.229 e. The fourth-order valence-corrected chi connectivity index (χ4v) is 1.44. The Kier molecular flexibility index (Phi) is 3.69. The van der Waals surface area contributed by atoms with Gasteiger partial charge in [0, 0.05) is 5.56 Å². The van der Waals surface area contributed by atoms with Crippen molar-refractivity contribution in [3.05, 3.63) is 34.4 Å². The van der Waals surface area contributed by atoms with E-state index in [1.165, 1.54) is 0 Å². The molecule has 0 spiro atoms. The van der Waals surface area contributed by atoms with Crippen molar-refractivity contribution in [3.63, 3.8) is 0 Å². The largest absolute Gasteiger partial charge is 0.369 e. The van der Waals surface area contributed by atoms with E-state index in [4.69, 9.17) is 11.0 Å². The Morgan fingerprint density at radius 3 is 2.38 bits per heavy atom. The average molecular weight is 212 g/mol. The Hall–Kier alpha value is -2.26. The molecule has 0 aromatic heterocycles. The first-order valence-electron chi connectivity index (χ1n) is 4.83. The number of benzene rings is 1. The minimum absolute atomic E-state index is 0.0544. The second-order valence-electron chi connectivity index (χ2n) is 3.54. The van der Waals surface area contributed by atoms with Crippen molar-refractivity contribution >= 4 is 5.91 Å². The standard InChI is InChI=1S/C13H12N2O/c1-9-6-11(8-14)7-10(2)12(9)4-3-5-13(15)16/h6-7H,5H2,1-2H3,(H2,15,16). The van der Waals surface area contributed by atoms with E-state index in [0.29, 0.717) is 5.56 Å². The van der Waals surface area contributed by atoms with E-state index in [9.17, 15) is 4.79 Å². The van der Waals surface area contributed by atoms with E-state index in [2.05, 4.69) is 17.9 Å². The van der Waals surface area contributed by atoms with E-state index in [1.807, 2.05) is 13.8 Å². The van der Waals surface area contributed by atoms with Crippen molar-refractivity contribution in [2.75, 3.05) is 0 Å². The molecule has 0 aliphatic heterocycles. The van der Waals surface area contributed by atoms with Gasteiger partial charge in [-0.3, -0.25) is 4.79 Å². The first-order valence-corrected chi connectivity index (χ1v) is 4.83. The highest BCUT2D eigenvalue weighted by atomic mass is 16.1. The zero-order chi connectivity index (χ0) is 12.1. The summed E-state index contributed by atoms with van der Waals surface area (Å²) in [5, 5.41) is 8.78. The number of hydrogen-bond acceptors (Lipinski definition) is 2. The molecule has 1 rings (SSSR count). The van der Waals surface area contributed by atoms with E-state index in [1.54, 1.807) is 12.1 Å². The third kappa shape index (κ3) is 2.87. The van der Waals surface area contributed by atoms with Gasteiger partial charge in [0.1, 0.15) is 0 Å². The fraction of sp³-hybridized carbons (Fsp3) is 0.231. The number of amides is 1. The topological polar surface area (TPSA) is 66.9 Å². The number of carbonyl (C=O) groups excluding carboxylic acids is 1. The van der Waals surface area contributed by atoms with Crippen LogP contribution in [-0.2, 0) is 4.79 Å². The van der Waals surface area contributed by atoms with Crippen molar-refractivity contribution in [1.82, 2.24) is 0 Å². The average Bonchev–Trinajstić information content (AvgIpc) is 2.21. The number of nitrogens with zero attached hydrogens (tertiary/aromatic N) is 1. The van der Waals surface area contributed by atoms with Crippen molar-refractivity contribution in [1.29, 1.82) is 5.26 Å². The van der Waals surface area contributed by atoms with Crippen LogP contribution in [0.5, 0.6) is 0 Å². The maximum Gasteiger partial charge on any atom is 0.229 e. The zero-order valence-electron chi connectivity index (χ0n) is 9.29. The second kappa shape index (κ2) is 5.00. The molecule has 0 unspecified atom stereocenters. The van der Waals surface area contributed by atoms with Gasteiger partial charge < -0.3 is 5.73 Å². The van der Waals surface area contributed by atoms with Gasteiger partial charge in [0.2, 0.25) is 5.91 Å². The normalized spacial score (nSPS) is 8.81. The molecular weight excluding hydrogens is 200 g/mol. The Bertz CT molecular complexity index is 504. The Morgan fingerprint density at radius 1 is 1.38 bits per heavy atom. The molecule has 1 amide bonds. The number of nitriles is 1. The first kappa shape index (κ1) is 11.8. The Balaban J connectivity index is 3.10. The number of rotatable bonds is 1. The van der Waals surface area contributed by atoms with Gasteiger partial charge in [-0.25, -0.2) is 0 Å². The van der Waals surface area contributed by atoms with Crippen LogP contribution in [0.4, 0.5) is 0 Å². The van der Waals surface area contributed by atoms with E-state index in [0.717, 1.165) is 16.7 Å². The summed E-state index contributed by atoms with van der Waals surface area (Å²) >= 11 is 0.